The molecule has 0 fully saturated rings. The highest BCUT2D eigenvalue weighted by molar-refractivity contribution is 9.10. The SMILES string of the molecule is Cl.NCc1ccc(NC(=O)C[C@@H]2CCc3cc(Br)cc4[nH]c(=O)c(=O)n2c34)c(C(O)C(=O)O)c1. The van der Waals surface area contributed by atoms with E-state index in [9.17, 15) is 29.4 Å². The van der Waals surface area contributed by atoms with Crippen LogP contribution in [0.5, 0.6) is 0 Å². The Kier molecular flexibility index (Phi) is 7.61. The molecule has 1 aliphatic heterocycles. The fourth-order valence-corrected chi connectivity index (χ4v) is 4.74. The number of aromatic amines is 1. The molecule has 180 valence electrons. The number of amides is 1. The summed E-state index contributed by atoms with van der Waals surface area (Å²) in [7, 11) is 0. The largest absolute Gasteiger partial charge is 0.479 e. The summed E-state index contributed by atoms with van der Waals surface area (Å²) in [4.78, 5) is 51.7. The van der Waals surface area contributed by atoms with Crippen LogP contribution in [0.2, 0.25) is 0 Å². The zero-order chi connectivity index (χ0) is 23.9. The molecule has 0 saturated heterocycles. The van der Waals surface area contributed by atoms with Crippen LogP contribution in [0, 0.1) is 0 Å². The second kappa shape index (κ2) is 10.1. The molecular weight excluding hydrogens is 532 g/mol. The molecule has 3 aromatic rings. The van der Waals surface area contributed by atoms with Crippen molar-refractivity contribution >= 4 is 56.9 Å². The molecule has 2 atom stereocenters. The molecule has 0 spiro atoms. The number of carbonyl (C=O) groups is 2. The third kappa shape index (κ3) is 4.78. The van der Waals surface area contributed by atoms with Crippen LogP contribution in [0.25, 0.3) is 11.0 Å². The zero-order valence-corrected chi connectivity index (χ0v) is 20.1. The summed E-state index contributed by atoms with van der Waals surface area (Å²) >= 11 is 3.40. The number of aliphatic hydroxyl groups excluding tert-OH is 1. The van der Waals surface area contributed by atoms with Gasteiger partial charge in [-0.25, -0.2) is 4.79 Å². The number of hydrogen-bond acceptors (Lipinski definition) is 6. The third-order valence-corrected chi connectivity index (χ3v) is 6.20. The number of anilines is 1. The lowest BCUT2D eigenvalue weighted by Crippen LogP contribution is -2.41. The first-order chi connectivity index (χ1) is 15.7. The van der Waals surface area contributed by atoms with Gasteiger partial charge in [-0.05, 0) is 48.2 Å². The van der Waals surface area contributed by atoms with Crippen molar-refractivity contribution in [3.63, 3.8) is 0 Å². The predicted molar refractivity (Wildman–Crippen MR) is 131 cm³/mol. The van der Waals surface area contributed by atoms with Crippen molar-refractivity contribution in [2.75, 3.05) is 5.32 Å². The van der Waals surface area contributed by atoms with Crippen molar-refractivity contribution in [3.05, 3.63) is 72.2 Å². The second-order valence-electron chi connectivity index (χ2n) is 7.90. The van der Waals surface area contributed by atoms with Crippen LogP contribution in [0.3, 0.4) is 0 Å². The van der Waals surface area contributed by atoms with Crippen molar-refractivity contribution in [2.45, 2.75) is 38.0 Å². The van der Waals surface area contributed by atoms with Gasteiger partial charge < -0.3 is 26.2 Å². The molecule has 0 aliphatic carbocycles. The van der Waals surface area contributed by atoms with E-state index in [1.807, 2.05) is 6.07 Å². The second-order valence-corrected chi connectivity index (χ2v) is 8.82. The summed E-state index contributed by atoms with van der Waals surface area (Å²) in [6.45, 7) is 0.132. The Bertz CT molecular complexity index is 1400. The molecule has 1 aromatic heterocycles. The molecule has 1 amide bonds. The maximum absolute atomic E-state index is 12.9. The number of nitrogens with two attached hydrogens (primary N) is 1. The van der Waals surface area contributed by atoms with Crippen molar-refractivity contribution in [3.8, 4) is 0 Å². The van der Waals surface area contributed by atoms with Crippen LogP contribution in [-0.4, -0.2) is 31.6 Å². The highest BCUT2D eigenvalue weighted by Gasteiger charge is 2.27. The number of nitrogens with zero attached hydrogens (tertiary/aromatic N) is 1. The van der Waals surface area contributed by atoms with E-state index >= 15 is 0 Å². The lowest BCUT2D eigenvalue weighted by atomic mass is 9.96. The average Bonchev–Trinajstić information content (AvgIpc) is 2.77. The van der Waals surface area contributed by atoms with Gasteiger partial charge in [0.05, 0.1) is 11.0 Å². The summed E-state index contributed by atoms with van der Waals surface area (Å²) in [6.07, 6.45) is -0.892. The highest BCUT2D eigenvalue weighted by Crippen LogP contribution is 2.33. The molecular formula is C22H22BrClN4O6. The van der Waals surface area contributed by atoms with Crippen LogP contribution < -0.4 is 22.2 Å². The molecule has 12 heteroatoms. The first-order valence-electron chi connectivity index (χ1n) is 10.2. The van der Waals surface area contributed by atoms with Crippen LogP contribution in [-0.2, 0) is 22.6 Å². The van der Waals surface area contributed by atoms with E-state index in [1.165, 1.54) is 16.7 Å². The number of hydrogen-bond donors (Lipinski definition) is 5. The van der Waals surface area contributed by atoms with Gasteiger partial charge in [-0.1, -0.05) is 22.0 Å². The number of H-pyrrole nitrogens is 1. The Balaban J connectivity index is 0.00000324. The summed E-state index contributed by atoms with van der Waals surface area (Å²) in [6, 6.07) is 7.54. The van der Waals surface area contributed by atoms with Crippen LogP contribution in [0.15, 0.2) is 44.4 Å². The number of aliphatic carboxylic acids is 1. The molecule has 0 radical (unpaired) electrons. The molecule has 0 saturated carbocycles. The van der Waals surface area contributed by atoms with Gasteiger partial charge in [0.1, 0.15) is 0 Å². The normalized spacial score (nSPS) is 15.4. The number of rotatable bonds is 6. The Hall–Kier alpha value is -2.99. The van der Waals surface area contributed by atoms with Crippen molar-refractivity contribution < 1.29 is 19.8 Å². The van der Waals surface area contributed by atoms with Crippen molar-refractivity contribution in [2.24, 2.45) is 5.73 Å². The van der Waals surface area contributed by atoms with Gasteiger partial charge in [0.15, 0.2) is 6.10 Å². The maximum Gasteiger partial charge on any atom is 0.337 e. The van der Waals surface area contributed by atoms with E-state index in [-0.39, 0.29) is 36.6 Å². The van der Waals surface area contributed by atoms with E-state index < -0.39 is 35.1 Å². The van der Waals surface area contributed by atoms with E-state index in [0.29, 0.717) is 29.4 Å². The van der Waals surface area contributed by atoms with Gasteiger partial charge in [0.25, 0.3) is 0 Å². The molecule has 2 aromatic carbocycles. The fourth-order valence-electron chi connectivity index (χ4n) is 4.23. The number of halogens is 2. The number of aliphatic hydroxyl groups is 1. The monoisotopic (exact) mass is 552 g/mol. The minimum Gasteiger partial charge on any atom is -0.479 e. The molecule has 1 aliphatic rings. The summed E-state index contributed by atoms with van der Waals surface area (Å²) in [5, 5.41) is 21.9. The number of carboxylic acid groups (broad SMARTS) is 1. The molecule has 34 heavy (non-hydrogen) atoms. The van der Waals surface area contributed by atoms with E-state index in [0.717, 1.165) is 10.0 Å². The minimum absolute atomic E-state index is 0. The van der Waals surface area contributed by atoms with Gasteiger partial charge in [-0.3, -0.25) is 19.0 Å². The van der Waals surface area contributed by atoms with Gasteiger partial charge in [0, 0.05) is 34.7 Å². The van der Waals surface area contributed by atoms with Gasteiger partial charge in [-0.2, -0.15) is 0 Å². The van der Waals surface area contributed by atoms with E-state index in [2.05, 4.69) is 26.2 Å². The van der Waals surface area contributed by atoms with Crippen molar-refractivity contribution in [1.29, 1.82) is 0 Å². The topological polar surface area (TPSA) is 168 Å². The molecule has 0 bridgehead atoms. The van der Waals surface area contributed by atoms with Crippen molar-refractivity contribution in [1.82, 2.24) is 9.55 Å². The summed E-state index contributed by atoms with van der Waals surface area (Å²) in [5.74, 6) is -1.95. The lowest BCUT2D eigenvalue weighted by Gasteiger charge is -2.27. The van der Waals surface area contributed by atoms with Gasteiger partial charge in [-0.15, -0.1) is 12.4 Å². The molecule has 10 nitrogen and oxygen atoms in total. The fraction of sp³-hybridized carbons (Fsp3) is 0.273. The minimum atomic E-state index is -1.85. The standard InChI is InChI=1S/C22H21BrN4O6.ClH/c23-12-6-11-2-3-13(27-18(11)16(7-12)26-20(30)21(27)31)8-17(28)25-15-4-1-10(9-24)5-14(15)19(29)22(32)33;/h1,4-7,13,19,29H,2-3,8-9,24H2,(H,25,28)(H,26,30)(H,32,33);1H/t13-,19?;/m0./s1. The zero-order valence-electron chi connectivity index (χ0n) is 17.7. The molecule has 4 rings (SSSR count). The summed E-state index contributed by atoms with van der Waals surface area (Å²) in [5.41, 5.74) is 6.79. The highest BCUT2D eigenvalue weighted by atomic mass is 79.9. The average molecular weight is 554 g/mol. The van der Waals surface area contributed by atoms with Crippen LogP contribution in [0.1, 0.15) is 41.7 Å². The Labute approximate surface area is 207 Å². The third-order valence-electron chi connectivity index (χ3n) is 5.74. The van der Waals surface area contributed by atoms with E-state index in [1.54, 1.807) is 12.1 Å². The number of benzene rings is 2. The smallest absolute Gasteiger partial charge is 0.337 e. The summed E-state index contributed by atoms with van der Waals surface area (Å²) < 4.78 is 2.14. The first-order valence-corrected chi connectivity index (χ1v) is 11.0. The number of aryl methyl sites for hydroxylation is 1. The number of nitrogens with one attached hydrogen (secondary N) is 2. The molecule has 2 heterocycles. The van der Waals surface area contributed by atoms with Gasteiger partial charge in [0.2, 0.25) is 5.91 Å². The maximum atomic E-state index is 12.9. The quantitative estimate of drug-likeness (QED) is 0.291. The Morgan fingerprint density at radius 1 is 1.26 bits per heavy atom. The first kappa shape index (κ1) is 25.6. The molecule has 1 unspecified atom stereocenters. The van der Waals surface area contributed by atoms with Crippen LogP contribution in [0.4, 0.5) is 5.69 Å². The number of carbonyl (C=O) groups excluding carboxylic acids is 1. The predicted octanol–water partition coefficient (Wildman–Crippen LogP) is 1.97. The Morgan fingerprint density at radius 3 is 2.68 bits per heavy atom. The lowest BCUT2D eigenvalue weighted by molar-refractivity contribution is -0.147. The molecule has 6 N–H and O–H groups in total. The van der Waals surface area contributed by atoms with E-state index in [4.69, 9.17) is 5.73 Å². The Morgan fingerprint density at radius 2 is 2.00 bits per heavy atom. The van der Waals surface area contributed by atoms with Crippen LogP contribution >= 0.6 is 28.3 Å². The number of aromatic nitrogens is 2. The number of carboxylic acids is 1. The van der Waals surface area contributed by atoms with Gasteiger partial charge >= 0.3 is 17.1 Å².